The first-order valence-electron chi connectivity index (χ1n) is 4.81. The number of aromatic nitrogens is 1. The van der Waals surface area contributed by atoms with Crippen molar-refractivity contribution in [3.63, 3.8) is 0 Å². The first-order chi connectivity index (χ1) is 6.42. The maximum Gasteiger partial charge on any atom is 0.105 e. The highest BCUT2D eigenvalue weighted by Gasteiger charge is 2.14. The van der Waals surface area contributed by atoms with Crippen LogP contribution in [0.1, 0.15) is 17.7 Å². The number of ether oxygens (including phenoxy) is 1. The van der Waals surface area contributed by atoms with Crippen LogP contribution < -0.4 is 0 Å². The van der Waals surface area contributed by atoms with Crippen molar-refractivity contribution in [1.82, 2.24) is 4.57 Å². The van der Waals surface area contributed by atoms with Gasteiger partial charge < -0.3 is 9.30 Å². The van der Waals surface area contributed by atoms with Gasteiger partial charge in [0.1, 0.15) is 6.61 Å². The summed E-state index contributed by atoms with van der Waals surface area (Å²) in [5, 5.41) is 0. The van der Waals surface area contributed by atoms with Gasteiger partial charge in [-0.25, -0.2) is 0 Å². The van der Waals surface area contributed by atoms with Crippen LogP contribution in [0.4, 0.5) is 0 Å². The minimum Gasteiger partial charge on any atom is -0.500 e. The Balaban J connectivity index is 2.00. The summed E-state index contributed by atoms with van der Waals surface area (Å²) in [6, 6.07) is 2.23. The van der Waals surface area contributed by atoms with E-state index < -0.39 is 0 Å². The molecule has 0 radical (unpaired) electrons. The Morgan fingerprint density at radius 3 is 3.31 bits per heavy atom. The molecule has 0 unspecified atom stereocenters. The molecule has 0 bridgehead atoms. The van der Waals surface area contributed by atoms with Gasteiger partial charge in [-0.3, -0.25) is 0 Å². The highest BCUT2D eigenvalue weighted by atomic mass is 16.5. The van der Waals surface area contributed by atoms with Gasteiger partial charge in [0, 0.05) is 11.9 Å². The lowest BCUT2D eigenvalue weighted by Crippen LogP contribution is -2.05. The molecule has 0 saturated heterocycles. The Morgan fingerprint density at radius 2 is 2.46 bits per heavy atom. The van der Waals surface area contributed by atoms with Crippen LogP contribution >= 0.6 is 0 Å². The monoisotopic (exact) mass is 177 g/mol. The van der Waals surface area contributed by atoms with Gasteiger partial charge in [-0.05, 0) is 30.9 Å². The van der Waals surface area contributed by atoms with Crippen LogP contribution in [0.2, 0.25) is 0 Å². The molecule has 2 rings (SSSR count). The van der Waals surface area contributed by atoms with E-state index in [0.717, 1.165) is 13.2 Å². The van der Waals surface area contributed by atoms with Gasteiger partial charge in [-0.1, -0.05) is 6.58 Å². The summed E-state index contributed by atoms with van der Waals surface area (Å²) < 4.78 is 7.41. The highest BCUT2D eigenvalue weighted by molar-refractivity contribution is 5.26. The summed E-state index contributed by atoms with van der Waals surface area (Å²) in [5.74, 6) is 0. The molecule has 70 valence electrons. The van der Waals surface area contributed by atoms with Gasteiger partial charge in [-0.15, -0.1) is 0 Å². The van der Waals surface area contributed by atoms with Crippen molar-refractivity contribution in [3.05, 3.63) is 36.4 Å². The van der Waals surface area contributed by atoms with Gasteiger partial charge in [0.15, 0.2) is 0 Å². The van der Waals surface area contributed by atoms with Crippen LogP contribution in [-0.2, 0) is 24.1 Å². The van der Waals surface area contributed by atoms with Crippen LogP contribution in [0, 0.1) is 0 Å². The lowest BCUT2D eigenvalue weighted by Gasteiger charge is -2.06. The van der Waals surface area contributed by atoms with Crippen LogP contribution in [0.5, 0.6) is 0 Å². The summed E-state index contributed by atoms with van der Waals surface area (Å²) in [5.41, 5.74) is 3.03. The lowest BCUT2D eigenvalue weighted by molar-refractivity contribution is 0.235. The van der Waals surface area contributed by atoms with E-state index in [1.54, 1.807) is 0 Å². The van der Waals surface area contributed by atoms with Crippen molar-refractivity contribution in [3.8, 4) is 0 Å². The fourth-order valence-corrected chi connectivity index (χ4v) is 1.97. The predicted octanol–water partition coefficient (Wildman–Crippen LogP) is 2.14. The summed E-state index contributed by atoms with van der Waals surface area (Å²) in [7, 11) is 0. The second kappa shape index (κ2) is 3.69. The summed E-state index contributed by atoms with van der Waals surface area (Å²) in [6.45, 7) is 5.19. The second-order valence-corrected chi connectivity index (χ2v) is 3.37. The van der Waals surface area contributed by atoms with Crippen molar-refractivity contribution in [1.29, 1.82) is 0 Å². The van der Waals surface area contributed by atoms with Crippen LogP contribution in [0.3, 0.4) is 0 Å². The average molecular weight is 177 g/mol. The molecule has 0 N–H and O–H groups in total. The van der Waals surface area contributed by atoms with Crippen molar-refractivity contribution in [2.24, 2.45) is 0 Å². The maximum absolute atomic E-state index is 5.11. The molecule has 2 heteroatoms. The zero-order valence-corrected chi connectivity index (χ0v) is 7.83. The third-order valence-electron chi connectivity index (χ3n) is 2.60. The van der Waals surface area contributed by atoms with Gasteiger partial charge in [0.2, 0.25) is 0 Å². The number of hydrogen-bond acceptors (Lipinski definition) is 1. The highest BCUT2D eigenvalue weighted by Crippen LogP contribution is 2.22. The Kier molecular flexibility index (Phi) is 2.39. The van der Waals surface area contributed by atoms with Gasteiger partial charge in [0.05, 0.1) is 12.8 Å². The van der Waals surface area contributed by atoms with E-state index in [4.69, 9.17) is 4.74 Å². The molecule has 0 aliphatic heterocycles. The predicted molar refractivity (Wildman–Crippen MR) is 52.6 cm³/mol. The molecule has 0 amide bonds. The van der Waals surface area contributed by atoms with Gasteiger partial charge in [0.25, 0.3) is 0 Å². The molecule has 0 spiro atoms. The Bertz CT molecular complexity index is 301. The molecular weight excluding hydrogens is 162 g/mol. The number of rotatable bonds is 4. The zero-order valence-electron chi connectivity index (χ0n) is 7.83. The molecule has 0 aromatic carbocycles. The Labute approximate surface area is 78.8 Å². The molecule has 1 heterocycles. The van der Waals surface area contributed by atoms with Crippen LogP contribution in [0.25, 0.3) is 0 Å². The minimum absolute atomic E-state index is 0.727. The van der Waals surface area contributed by atoms with Crippen LogP contribution in [0.15, 0.2) is 25.1 Å². The lowest BCUT2D eigenvalue weighted by atomic mass is 10.3. The number of nitrogens with zero attached hydrogens (tertiary/aromatic N) is 1. The largest absolute Gasteiger partial charge is 0.500 e. The van der Waals surface area contributed by atoms with E-state index in [9.17, 15) is 0 Å². The molecule has 1 aliphatic carbocycles. The first-order valence-corrected chi connectivity index (χ1v) is 4.81. The normalized spacial score (nSPS) is 14.2. The molecular formula is C11H15NO. The average Bonchev–Trinajstić information content (AvgIpc) is 2.68. The van der Waals surface area contributed by atoms with Crippen molar-refractivity contribution in [2.45, 2.75) is 25.8 Å². The van der Waals surface area contributed by atoms with Crippen molar-refractivity contribution in [2.75, 3.05) is 6.61 Å². The molecule has 0 saturated carbocycles. The third-order valence-corrected chi connectivity index (χ3v) is 2.60. The standard InChI is InChI=1S/C11H15NO/c1-2-13-9-8-12-7-6-10-4-3-5-11(10)12/h2,6-7H,1,3-5,8-9H2. The van der Waals surface area contributed by atoms with E-state index >= 15 is 0 Å². The van der Waals surface area contributed by atoms with Crippen molar-refractivity contribution < 1.29 is 4.74 Å². The van der Waals surface area contributed by atoms with E-state index in [1.807, 2.05) is 0 Å². The van der Waals surface area contributed by atoms with E-state index in [-0.39, 0.29) is 0 Å². The molecule has 13 heavy (non-hydrogen) atoms. The molecule has 1 aromatic rings. The zero-order chi connectivity index (χ0) is 9.10. The second-order valence-electron chi connectivity index (χ2n) is 3.37. The van der Waals surface area contributed by atoms with Gasteiger partial charge >= 0.3 is 0 Å². The first kappa shape index (κ1) is 8.42. The Morgan fingerprint density at radius 1 is 1.54 bits per heavy atom. The molecule has 1 aliphatic rings. The van der Waals surface area contributed by atoms with Crippen molar-refractivity contribution >= 4 is 0 Å². The maximum atomic E-state index is 5.11. The molecule has 0 fully saturated rings. The Hall–Kier alpha value is -1.18. The topological polar surface area (TPSA) is 14.2 Å². The summed E-state index contributed by atoms with van der Waals surface area (Å²) in [6.07, 6.45) is 7.47. The summed E-state index contributed by atoms with van der Waals surface area (Å²) in [4.78, 5) is 0. The van der Waals surface area contributed by atoms with E-state index in [1.165, 1.54) is 36.8 Å². The SMILES string of the molecule is C=COCCn1ccc2c1CCC2. The molecule has 2 nitrogen and oxygen atoms in total. The smallest absolute Gasteiger partial charge is 0.105 e. The van der Waals surface area contributed by atoms with E-state index in [0.29, 0.717) is 0 Å². The fraction of sp³-hybridized carbons (Fsp3) is 0.455. The third kappa shape index (κ3) is 1.62. The minimum atomic E-state index is 0.727. The fourth-order valence-electron chi connectivity index (χ4n) is 1.97. The van der Waals surface area contributed by atoms with E-state index in [2.05, 4.69) is 23.4 Å². The summed E-state index contributed by atoms with van der Waals surface area (Å²) >= 11 is 0. The number of fused-ring (bicyclic) bond motifs is 1. The van der Waals surface area contributed by atoms with Crippen LogP contribution in [-0.4, -0.2) is 11.2 Å². The quantitative estimate of drug-likeness (QED) is 0.507. The molecule has 0 atom stereocenters. The number of aryl methyl sites for hydroxylation is 1. The number of hydrogen-bond donors (Lipinski definition) is 0. The van der Waals surface area contributed by atoms with Gasteiger partial charge in [-0.2, -0.15) is 0 Å². The molecule has 1 aromatic heterocycles.